The smallest absolute Gasteiger partial charge is 0.248 e. The van der Waals surface area contributed by atoms with Crippen molar-refractivity contribution in [1.29, 1.82) is 0 Å². The van der Waals surface area contributed by atoms with Crippen LogP contribution >= 0.6 is 0 Å². The zero-order valence-corrected chi connectivity index (χ0v) is 21.9. The van der Waals surface area contributed by atoms with Crippen molar-refractivity contribution in [3.63, 3.8) is 0 Å². The minimum absolute atomic E-state index is 0.0235. The molecule has 0 aromatic heterocycles. The van der Waals surface area contributed by atoms with Crippen LogP contribution in [0.15, 0.2) is 48.5 Å². The molecule has 1 heterocycles. The number of amides is 1. The maximum Gasteiger partial charge on any atom is 0.248 e. The summed E-state index contributed by atoms with van der Waals surface area (Å²) in [5, 5.41) is 10.8. The Bertz CT molecular complexity index is 988. The molecule has 1 saturated carbocycles. The SMILES string of the molecule is COc1ccc([C@@H]2CN(C(=O)COCc3ccccc3)C[C@@]2(C)[C@@H](C)O)cc1OCCC1CCCC1. The maximum absolute atomic E-state index is 13.0. The van der Waals surface area contributed by atoms with E-state index < -0.39 is 11.5 Å². The van der Waals surface area contributed by atoms with Crippen LogP contribution in [0.1, 0.15) is 63.0 Å². The summed E-state index contributed by atoms with van der Waals surface area (Å²) in [6, 6.07) is 15.9. The van der Waals surface area contributed by atoms with E-state index in [1.807, 2.05) is 60.4 Å². The first-order valence-corrected chi connectivity index (χ1v) is 13.3. The first-order valence-electron chi connectivity index (χ1n) is 13.3. The van der Waals surface area contributed by atoms with Gasteiger partial charge >= 0.3 is 0 Å². The molecule has 6 nitrogen and oxygen atoms in total. The summed E-state index contributed by atoms with van der Waals surface area (Å²) in [7, 11) is 1.66. The lowest BCUT2D eigenvalue weighted by Crippen LogP contribution is -2.38. The highest BCUT2D eigenvalue weighted by atomic mass is 16.5. The third-order valence-electron chi connectivity index (χ3n) is 8.22. The second kappa shape index (κ2) is 12.1. The second-order valence-electron chi connectivity index (χ2n) is 10.7. The van der Waals surface area contributed by atoms with Gasteiger partial charge in [-0.05, 0) is 42.5 Å². The molecule has 196 valence electrons. The van der Waals surface area contributed by atoms with Gasteiger partial charge in [-0.3, -0.25) is 4.79 Å². The number of hydrogen-bond acceptors (Lipinski definition) is 5. The summed E-state index contributed by atoms with van der Waals surface area (Å²) in [6.45, 7) is 5.98. The minimum Gasteiger partial charge on any atom is -0.493 e. The number of rotatable bonds is 11. The summed E-state index contributed by atoms with van der Waals surface area (Å²) >= 11 is 0. The predicted molar refractivity (Wildman–Crippen MR) is 140 cm³/mol. The molecular formula is C30H41NO5. The van der Waals surface area contributed by atoms with Crippen molar-refractivity contribution < 1.29 is 24.1 Å². The quantitative estimate of drug-likeness (QED) is 0.465. The Kier molecular flexibility index (Phi) is 8.91. The number of methoxy groups -OCH3 is 1. The fraction of sp³-hybridized carbons (Fsp3) is 0.567. The number of aliphatic hydroxyl groups is 1. The Labute approximate surface area is 215 Å². The van der Waals surface area contributed by atoms with Gasteiger partial charge in [0, 0.05) is 24.4 Å². The van der Waals surface area contributed by atoms with Crippen LogP contribution in [0.4, 0.5) is 0 Å². The van der Waals surface area contributed by atoms with Crippen LogP contribution in [0.2, 0.25) is 0 Å². The van der Waals surface area contributed by atoms with Crippen molar-refractivity contribution in [2.75, 3.05) is 33.4 Å². The monoisotopic (exact) mass is 495 g/mol. The Balaban J connectivity index is 1.43. The normalized spacial score (nSPS) is 23.1. The maximum atomic E-state index is 13.0. The van der Waals surface area contributed by atoms with Gasteiger partial charge in [0.15, 0.2) is 11.5 Å². The zero-order valence-electron chi connectivity index (χ0n) is 21.9. The van der Waals surface area contributed by atoms with Crippen molar-refractivity contribution in [3.8, 4) is 11.5 Å². The van der Waals surface area contributed by atoms with Gasteiger partial charge in [-0.15, -0.1) is 0 Å². The van der Waals surface area contributed by atoms with E-state index in [9.17, 15) is 9.90 Å². The van der Waals surface area contributed by atoms with Gasteiger partial charge in [0.1, 0.15) is 6.61 Å². The molecule has 1 N–H and O–H groups in total. The van der Waals surface area contributed by atoms with E-state index in [4.69, 9.17) is 14.2 Å². The van der Waals surface area contributed by atoms with Crippen LogP contribution in [0.3, 0.4) is 0 Å². The lowest BCUT2D eigenvalue weighted by atomic mass is 9.72. The van der Waals surface area contributed by atoms with E-state index in [0.717, 1.165) is 29.2 Å². The molecule has 36 heavy (non-hydrogen) atoms. The molecule has 0 radical (unpaired) electrons. The molecule has 2 aliphatic rings. The summed E-state index contributed by atoms with van der Waals surface area (Å²) in [6.07, 6.45) is 5.74. The number of ether oxygens (including phenoxy) is 3. The summed E-state index contributed by atoms with van der Waals surface area (Å²) in [5.41, 5.74) is 1.61. The van der Waals surface area contributed by atoms with Gasteiger partial charge in [-0.1, -0.05) is 69.0 Å². The Hall–Kier alpha value is -2.57. The second-order valence-corrected chi connectivity index (χ2v) is 10.7. The topological polar surface area (TPSA) is 68.2 Å². The van der Waals surface area contributed by atoms with Crippen molar-refractivity contribution in [1.82, 2.24) is 4.90 Å². The molecule has 0 unspecified atom stereocenters. The molecule has 2 aromatic carbocycles. The van der Waals surface area contributed by atoms with E-state index in [1.54, 1.807) is 7.11 Å². The van der Waals surface area contributed by atoms with Gasteiger partial charge < -0.3 is 24.2 Å². The zero-order chi connectivity index (χ0) is 25.5. The Morgan fingerprint density at radius 3 is 2.58 bits per heavy atom. The number of likely N-dealkylation sites (tertiary alicyclic amines) is 1. The van der Waals surface area contributed by atoms with Gasteiger partial charge in [0.2, 0.25) is 5.91 Å². The minimum atomic E-state index is -0.584. The van der Waals surface area contributed by atoms with Crippen molar-refractivity contribution in [3.05, 3.63) is 59.7 Å². The standard InChI is InChI=1S/C30H41NO5/c1-22(32)30(2)21-31(29(33)20-35-19-24-11-5-4-6-12-24)18-26(30)25-13-14-27(34-3)28(17-25)36-16-15-23-9-7-8-10-23/h4-6,11-14,17,22-23,26,32H,7-10,15-16,18-21H2,1-3H3/t22-,26+,30+/m1/s1. The van der Waals surface area contributed by atoms with Crippen LogP contribution < -0.4 is 9.47 Å². The molecule has 1 amide bonds. The molecule has 1 aliphatic heterocycles. The number of hydrogen-bond donors (Lipinski definition) is 1. The van der Waals surface area contributed by atoms with Crippen LogP contribution in [-0.4, -0.2) is 55.4 Å². The number of carbonyl (C=O) groups excluding carboxylic acids is 1. The first kappa shape index (κ1) is 26.5. The van der Waals surface area contributed by atoms with Crippen molar-refractivity contribution >= 4 is 5.91 Å². The van der Waals surface area contributed by atoms with Gasteiger partial charge in [0.25, 0.3) is 0 Å². The van der Waals surface area contributed by atoms with Crippen LogP contribution in [0.25, 0.3) is 0 Å². The lowest BCUT2D eigenvalue weighted by Gasteiger charge is -2.33. The summed E-state index contributed by atoms with van der Waals surface area (Å²) in [4.78, 5) is 14.9. The molecule has 3 atom stereocenters. The molecule has 0 spiro atoms. The molecule has 1 saturated heterocycles. The van der Waals surface area contributed by atoms with E-state index in [0.29, 0.717) is 32.1 Å². The Morgan fingerprint density at radius 1 is 1.14 bits per heavy atom. The molecular weight excluding hydrogens is 454 g/mol. The van der Waals surface area contributed by atoms with E-state index in [-0.39, 0.29) is 18.4 Å². The Morgan fingerprint density at radius 2 is 1.89 bits per heavy atom. The first-order chi connectivity index (χ1) is 17.4. The molecule has 6 heteroatoms. The van der Waals surface area contributed by atoms with Gasteiger partial charge in [-0.2, -0.15) is 0 Å². The van der Waals surface area contributed by atoms with E-state index >= 15 is 0 Å². The highest BCUT2D eigenvalue weighted by molar-refractivity contribution is 5.78. The lowest BCUT2D eigenvalue weighted by molar-refractivity contribution is -0.136. The van der Waals surface area contributed by atoms with Crippen LogP contribution in [-0.2, 0) is 16.1 Å². The van der Waals surface area contributed by atoms with Crippen molar-refractivity contribution in [2.45, 2.75) is 64.6 Å². The number of benzene rings is 2. The predicted octanol–water partition coefficient (Wildman–Crippen LogP) is 5.18. The highest BCUT2D eigenvalue weighted by Crippen LogP contribution is 2.47. The third kappa shape index (κ3) is 6.22. The number of nitrogens with zero attached hydrogens (tertiary/aromatic N) is 1. The van der Waals surface area contributed by atoms with Gasteiger partial charge in [0.05, 0.1) is 26.4 Å². The van der Waals surface area contributed by atoms with Gasteiger partial charge in [-0.25, -0.2) is 0 Å². The molecule has 4 rings (SSSR count). The number of aliphatic hydroxyl groups excluding tert-OH is 1. The molecule has 2 aromatic rings. The van der Waals surface area contributed by atoms with Crippen LogP contribution in [0, 0.1) is 11.3 Å². The summed E-state index contributed by atoms with van der Waals surface area (Å²) < 4.78 is 17.5. The van der Waals surface area contributed by atoms with E-state index in [1.165, 1.54) is 25.7 Å². The fourth-order valence-electron chi connectivity index (χ4n) is 5.69. The average Bonchev–Trinajstić information content (AvgIpc) is 3.53. The molecule has 2 fully saturated rings. The number of carbonyl (C=O) groups is 1. The fourth-order valence-corrected chi connectivity index (χ4v) is 5.69. The average molecular weight is 496 g/mol. The van der Waals surface area contributed by atoms with Crippen molar-refractivity contribution in [2.24, 2.45) is 11.3 Å². The summed E-state index contributed by atoms with van der Waals surface area (Å²) in [5.74, 6) is 2.12. The third-order valence-corrected chi connectivity index (χ3v) is 8.22. The largest absolute Gasteiger partial charge is 0.493 e. The highest BCUT2D eigenvalue weighted by Gasteiger charge is 2.48. The molecule has 0 bridgehead atoms. The van der Waals surface area contributed by atoms with Crippen LogP contribution in [0.5, 0.6) is 11.5 Å². The van der Waals surface area contributed by atoms with E-state index in [2.05, 4.69) is 6.92 Å². The molecule has 1 aliphatic carbocycles.